The van der Waals surface area contributed by atoms with Gasteiger partial charge in [-0.2, -0.15) is 5.10 Å². The third-order valence-electron chi connectivity index (χ3n) is 5.24. The highest BCUT2D eigenvalue weighted by atomic mass is 32.2. The molecule has 0 saturated carbocycles. The van der Waals surface area contributed by atoms with Crippen molar-refractivity contribution in [2.24, 2.45) is 0 Å². The number of halogens is 1. The fourth-order valence-electron chi connectivity index (χ4n) is 3.69. The Morgan fingerprint density at radius 1 is 1.13 bits per heavy atom. The second-order valence-corrected chi connectivity index (χ2v) is 9.38. The molecule has 1 aliphatic heterocycles. The minimum atomic E-state index is -4.01. The number of aryl methyl sites for hydroxylation is 3. The number of nitrogens with zero attached hydrogens (tertiary/aromatic N) is 2. The Hall–Kier alpha value is -3.04. The first-order chi connectivity index (χ1) is 14.7. The monoisotopic (exact) mass is 442 g/mol. The van der Waals surface area contributed by atoms with Crippen LogP contribution in [0, 0.1) is 19.7 Å². The van der Waals surface area contributed by atoms with Crippen LogP contribution in [0.1, 0.15) is 28.9 Å². The van der Waals surface area contributed by atoms with E-state index in [2.05, 4.69) is 15.1 Å². The quantitative estimate of drug-likeness (QED) is 0.614. The van der Waals surface area contributed by atoms with Crippen LogP contribution in [0.5, 0.6) is 0 Å². The molecular weight excluding hydrogens is 419 g/mol. The maximum absolute atomic E-state index is 14.4. The fourth-order valence-corrected chi connectivity index (χ4v) is 4.83. The Morgan fingerprint density at radius 3 is 2.55 bits per heavy atom. The Labute approximate surface area is 180 Å². The van der Waals surface area contributed by atoms with Crippen molar-refractivity contribution >= 4 is 21.6 Å². The van der Waals surface area contributed by atoms with Crippen LogP contribution in [0.4, 0.5) is 10.1 Å². The van der Waals surface area contributed by atoms with Crippen LogP contribution in [0.25, 0.3) is 5.69 Å². The zero-order chi connectivity index (χ0) is 22.2. The van der Waals surface area contributed by atoms with Gasteiger partial charge in [0, 0.05) is 24.3 Å². The number of rotatable bonds is 6. The fraction of sp³-hybridized carbons (Fsp3) is 0.273. The first-order valence-electron chi connectivity index (χ1n) is 9.97. The van der Waals surface area contributed by atoms with Crippen molar-refractivity contribution in [2.45, 2.75) is 38.0 Å². The maximum atomic E-state index is 14.4. The lowest BCUT2D eigenvalue weighted by molar-refractivity contribution is -0.116. The SMILES string of the molecule is Cc1cc(C)n(-c2ccc(CCNS(=O)(=O)c3cc4c(cc3F)NC(=O)CC4)cc2)n1. The summed E-state index contributed by atoms with van der Waals surface area (Å²) in [4.78, 5) is 11.0. The van der Waals surface area contributed by atoms with Crippen LogP contribution in [0.3, 0.4) is 0 Å². The maximum Gasteiger partial charge on any atom is 0.243 e. The number of hydrogen-bond acceptors (Lipinski definition) is 4. The summed E-state index contributed by atoms with van der Waals surface area (Å²) in [6.07, 6.45) is 1.09. The van der Waals surface area contributed by atoms with Gasteiger partial charge in [0.2, 0.25) is 15.9 Å². The molecule has 2 heterocycles. The highest BCUT2D eigenvalue weighted by Crippen LogP contribution is 2.28. The van der Waals surface area contributed by atoms with Gasteiger partial charge < -0.3 is 5.32 Å². The smallest absolute Gasteiger partial charge is 0.243 e. The second kappa shape index (κ2) is 8.24. The normalized spacial score (nSPS) is 13.7. The van der Waals surface area contributed by atoms with Gasteiger partial charge in [0.25, 0.3) is 0 Å². The van der Waals surface area contributed by atoms with E-state index in [-0.39, 0.29) is 18.9 Å². The Bertz CT molecular complexity index is 1250. The highest BCUT2D eigenvalue weighted by molar-refractivity contribution is 7.89. The summed E-state index contributed by atoms with van der Waals surface area (Å²) in [5.41, 5.74) is 4.79. The summed E-state index contributed by atoms with van der Waals surface area (Å²) in [6, 6.07) is 12.1. The number of fused-ring (bicyclic) bond motifs is 1. The summed E-state index contributed by atoms with van der Waals surface area (Å²) in [5, 5.41) is 7.01. The zero-order valence-corrected chi connectivity index (χ0v) is 18.1. The van der Waals surface area contributed by atoms with Crippen molar-refractivity contribution in [1.82, 2.24) is 14.5 Å². The third-order valence-corrected chi connectivity index (χ3v) is 6.72. The molecule has 2 aromatic carbocycles. The number of amides is 1. The van der Waals surface area contributed by atoms with Crippen molar-refractivity contribution in [3.63, 3.8) is 0 Å². The Balaban J connectivity index is 1.42. The molecule has 0 unspecified atom stereocenters. The van der Waals surface area contributed by atoms with Crippen molar-refractivity contribution in [1.29, 1.82) is 0 Å². The molecule has 2 N–H and O–H groups in total. The van der Waals surface area contributed by atoms with E-state index in [1.54, 1.807) is 0 Å². The summed E-state index contributed by atoms with van der Waals surface area (Å²) in [5.74, 6) is -1.09. The van der Waals surface area contributed by atoms with Gasteiger partial charge in [-0.05, 0) is 68.1 Å². The van der Waals surface area contributed by atoms with Crippen LogP contribution >= 0.6 is 0 Å². The van der Waals surface area contributed by atoms with Gasteiger partial charge in [-0.15, -0.1) is 0 Å². The molecular formula is C22H23FN4O3S. The Morgan fingerprint density at radius 2 is 1.87 bits per heavy atom. The van der Waals surface area contributed by atoms with E-state index in [4.69, 9.17) is 0 Å². The lowest BCUT2D eigenvalue weighted by atomic mass is 10.0. The zero-order valence-electron chi connectivity index (χ0n) is 17.3. The molecule has 0 saturated heterocycles. The number of nitrogens with one attached hydrogen (secondary N) is 2. The molecule has 0 aliphatic carbocycles. The number of sulfonamides is 1. The molecule has 0 fully saturated rings. The molecule has 1 aliphatic rings. The van der Waals surface area contributed by atoms with Gasteiger partial charge in [0.15, 0.2) is 0 Å². The molecule has 0 spiro atoms. The molecule has 0 atom stereocenters. The molecule has 162 valence electrons. The van der Waals surface area contributed by atoms with E-state index in [0.29, 0.717) is 24.1 Å². The van der Waals surface area contributed by atoms with E-state index < -0.39 is 20.7 Å². The van der Waals surface area contributed by atoms with E-state index >= 15 is 0 Å². The van der Waals surface area contributed by atoms with Crippen molar-refractivity contribution in [3.8, 4) is 5.69 Å². The van der Waals surface area contributed by atoms with Crippen molar-refractivity contribution in [3.05, 3.63) is 70.8 Å². The number of hydrogen-bond donors (Lipinski definition) is 2. The summed E-state index contributed by atoms with van der Waals surface area (Å²) in [6.45, 7) is 4.05. The highest BCUT2D eigenvalue weighted by Gasteiger charge is 2.24. The van der Waals surface area contributed by atoms with E-state index in [1.165, 1.54) is 6.07 Å². The van der Waals surface area contributed by atoms with Gasteiger partial charge >= 0.3 is 0 Å². The van der Waals surface area contributed by atoms with Crippen molar-refractivity contribution in [2.75, 3.05) is 11.9 Å². The largest absolute Gasteiger partial charge is 0.326 e. The first kappa shape index (κ1) is 21.2. The molecule has 7 nitrogen and oxygen atoms in total. The van der Waals surface area contributed by atoms with E-state index in [1.807, 2.05) is 48.9 Å². The summed E-state index contributed by atoms with van der Waals surface area (Å²) < 4.78 is 44.0. The number of carbonyl (C=O) groups is 1. The Kier molecular flexibility index (Phi) is 5.63. The van der Waals surface area contributed by atoms with Crippen LogP contribution in [-0.4, -0.2) is 30.7 Å². The summed E-state index contributed by atoms with van der Waals surface area (Å²) in [7, 11) is -4.01. The van der Waals surface area contributed by atoms with Crippen LogP contribution in [-0.2, 0) is 27.7 Å². The molecule has 0 radical (unpaired) electrons. The number of aromatic nitrogens is 2. The van der Waals surface area contributed by atoms with Crippen LogP contribution in [0.15, 0.2) is 47.4 Å². The molecule has 31 heavy (non-hydrogen) atoms. The summed E-state index contributed by atoms with van der Waals surface area (Å²) >= 11 is 0. The lowest BCUT2D eigenvalue weighted by Gasteiger charge is -2.18. The number of benzene rings is 2. The average Bonchev–Trinajstić information content (AvgIpc) is 3.05. The number of anilines is 1. The van der Waals surface area contributed by atoms with Crippen LogP contribution < -0.4 is 10.0 Å². The van der Waals surface area contributed by atoms with Crippen molar-refractivity contribution < 1.29 is 17.6 Å². The lowest BCUT2D eigenvalue weighted by Crippen LogP contribution is -2.27. The van der Waals surface area contributed by atoms with E-state index in [0.717, 1.165) is 28.7 Å². The minimum Gasteiger partial charge on any atom is -0.326 e. The molecule has 1 amide bonds. The predicted molar refractivity (Wildman–Crippen MR) is 115 cm³/mol. The third kappa shape index (κ3) is 4.52. The average molecular weight is 443 g/mol. The topological polar surface area (TPSA) is 93.1 Å². The van der Waals surface area contributed by atoms with Gasteiger partial charge in [-0.25, -0.2) is 22.2 Å². The number of carbonyl (C=O) groups excluding carboxylic acids is 1. The molecule has 9 heteroatoms. The van der Waals surface area contributed by atoms with E-state index in [9.17, 15) is 17.6 Å². The minimum absolute atomic E-state index is 0.134. The second-order valence-electron chi connectivity index (χ2n) is 7.64. The van der Waals surface area contributed by atoms with Gasteiger partial charge in [0.05, 0.1) is 11.4 Å². The molecule has 4 rings (SSSR count). The van der Waals surface area contributed by atoms with Gasteiger partial charge in [-0.3, -0.25) is 4.79 Å². The molecule has 1 aromatic heterocycles. The molecule has 0 bridgehead atoms. The standard InChI is InChI=1S/C22H23FN4O3S/c1-14-11-15(2)27(26-14)18-6-3-16(4-7-18)9-10-24-31(29,30)21-12-17-5-8-22(28)25-20(17)13-19(21)23/h3-4,6-7,11-13,24H,5,8-10H2,1-2H3,(H,25,28). The van der Waals surface area contributed by atoms with Crippen LogP contribution in [0.2, 0.25) is 0 Å². The van der Waals surface area contributed by atoms with Gasteiger partial charge in [-0.1, -0.05) is 12.1 Å². The molecule has 3 aromatic rings. The van der Waals surface area contributed by atoms with Gasteiger partial charge in [0.1, 0.15) is 10.7 Å². The first-order valence-corrected chi connectivity index (χ1v) is 11.5. The predicted octanol–water partition coefficient (Wildman–Crippen LogP) is 3.03.